The highest BCUT2D eigenvalue weighted by Crippen LogP contribution is 2.14. The molecule has 1 N–H and O–H groups in total. The molecule has 4 nitrogen and oxygen atoms in total. The zero-order chi connectivity index (χ0) is 15.9. The van der Waals surface area contributed by atoms with E-state index in [0.717, 1.165) is 42.9 Å². The minimum absolute atomic E-state index is 0.214. The van der Waals surface area contributed by atoms with E-state index in [-0.39, 0.29) is 5.78 Å². The van der Waals surface area contributed by atoms with Gasteiger partial charge in [-0.2, -0.15) is 5.10 Å². The number of hydrogen-bond acceptors (Lipinski definition) is 3. The Morgan fingerprint density at radius 3 is 2.55 bits per heavy atom. The number of nitrogens with one attached hydrogen (secondary N) is 1. The average molecular weight is 299 g/mol. The van der Waals surface area contributed by atoms with Gasteiger partial charge in [0.05, 0.1) is 5.69 Å². The molecular formula is C18H25N3O. The molecule has 0 atom stereocenters. The number of Topliss-reactive ketones (excluding diaryl/α,β-unsaturated/α-hetero) is 1. The Kier molecular flexibility index (Phi) is 5.75. The molecule has 2 aromatic rings. The summed E-state index contributed by atoms with van der Waals surface area (Å²) in [4.78, 5) is 11.8. The lowest BCUT2D eigenvalue weighted by molar-refractivity contribution is 0.0982. The molecule has 1 heterocycles. The SMILES string of the molecule is CCCC(=O)c1ccc(NCc2cn(CCC)nc2C)cc1. The number of aromatic nitrogens is 2. The van der Waals surface area contributed by atoms with E-state index in [1.807, 2.05) is 42.8 Å². The molecule has 22 heavy (non-hydrogen) atoms. The van der Waals surface area contributed by atoms with Gasteiger partial charge in [0.2, 0.25) is 0 Å². The van der Waals surface area contributed by atoms with Crippen molar-refractivity contribution in [3.8, 4) is 0 Å². The maximum absolute atomic E-state index is 11.8. The third-order valence-corrected chi connectivity index (χ3v) is 3.67. The van der Waals surface area contributed by atoms with Crippen molar-refractivity contribution in [2.45, 2.75) is 53.1 Å². The number of carbonyl (C=O) groups excluding carboxylic acids is 1. The molecule has 0 aliphatic carbocycles. The van der Waals surface area contributed by atoms with Gasteiger partial charge in [-0.1, -0.05) is 13.8 Å². The molecule has 2 rings (SSSR count). The zero-order valence-electron chi connectivity index (χ0n) is 13.7. The standard InChI is InChI=1S/C18H25N3O/c1-4-6-18(22)15-7-9-17(10-8-15)19-12-16-13-21(11-5-2)20-14(16)3/h7-10,13,19H,4-6,11-12H2,1-3H3. The normalized spacial score (nSPS) is 10.7. The number of nitrogens with zero attached hydrogens (tertiary/aromatic N) is 2. The summed E-state index contributed by atoms with van der Waals surface area (Å²) in [6, 6.07) is 7.73. The van der Waals surface area contributed by atoms with Crippen LogP contribution in [0, 0.1) is 6.92 Å². The van der Waals surface area contributed by atoms with Crippen LogP contribution in [0.4, 0.5) is 5.69 Å². The summed E-state index contributed by atoms with van der Waals surface area (Å²) in [5, 5.41) is 7.89. The fourth-order valence-corrected chi connectivity index (χ4v) is 2.42. The third-order valence-electron chi connectivity index (χ3n) is 3.67. The molecule has 1 aromatic carbocycles. The van der Waals surface area contributed by atoms with Gasteiger partial charge in [0.25, 0.3) is 0 Å². The second kappa shape index (κ2) is 7.78. The number of anilines is 1. The van der Waals surface area contributed by atoms with Crippen LogP contribution in [0.3, 0.4) is 0 Å². The lowest BCUT2D eigenvalue weighted by Crippen LogP contribution is -2.01. The molecule has 0 aliphatic rings. The van der Waals surface area contributed by atoms with Crippen LogP contribution in [-0.2, 0) is 13.1 Å². The highest BCUT2D eigenvalue weighted by Gasteiger charge is 2.06. The van der Waals surface area contributed by atoms with Crippen LogP contribution in [0.25, 0.3) is 0 Å². The smallest absolute Gasteiger partial charge is 0.162 e. The van der Waals surface area contributed by atoms with Gasteiger partial charge >= 0.3 is 0 Å². The predicted molar refractivity (Wildman–Crippen MR) is 90.3 cm³/mol. The highest BCUT2D eigenvalue weighted by molar-refractivity contribution is 5.96. The number of benzene rings is 1. The minimum atomic E-state index is 0.214. The Balaban J connectivity index is 1.95. The van der Waals surface area contributed by atoms with E-state index in [1.165, 1.54) is 5.56 Å². The van der Waals surface area contributed by atoms with Crippen LogP contribution in [0.2, 0.25) is 0 Å². The van der Waals surface area contributed by atoms with Crippen molar-refractivity contribution in [3.05, 3.63) is 47.3 Å². The largest absolute Gasteiger partial charge is 0.381 e. The second-order valence-electron chi connectivity index (χ2n) is 5.61. The first-order valence-electron chi connectivity index (χ1n) is 8.04. The zero-order valence-corrected chi connectivity index (χ0v) is 13.7. The molecule has 0 saturated carbocycles. The maximum Gasteiger partial charge on any atom is 0.162 e. The van der Waals surface area contributed by atoms with Gasteiger partial charge in [-0.25, -0.2) is 0 Å². The number of aryl methyl sites for hydroxylation is 2. The summed E-state index contributed by atoms with van der Waals surface area (Å²) in [7, 11) is 0. The van der Waals surface area contributed by atoms with E-state index in [0.29, 0.717) is 6.42 Å². The van der Waals surface area contributed by atoms with Crippen molar-refractivity contribution < 1.29 is 4.79 Å². The van der Waals surface area contributed by atoms with Crippen LogP contribution in [-0.4, -0.2) is 15.6 Å². The van der Waals surface area contributed by atoms with E-state index >= 15 is 0 Å². The monoisotopic (exact) mass is 299 g/mol. The van der Waals surface area contributed by atoms with E-state index in [1.54, 1.807) is 0 Å². The van der Waals surface area contributed by atoms with Gasteiger partial charge in [-0.05, 0) is 44.0 Å². The molecule has 0 spiro atoms. The van der Waals surface area contributed by atoms with Gasteiger partial charge in [0.15, 0.2) is 5.78 Å². The molecule has 118 valence electrons. The topological polar surface area (TPSA) is 46.9 Å². The molecule has 0 aliphatic heterocycles. The number of ketones is 1. The summed E-state index contributed by atoms with van der Waals surface area (Å²) < 4.78 is 2.00. The number of carbonyl (C=O) groups is 1. The Bertz CT molecular complexity index is 614. The quantitative estimate of drug-likeness (QED) is 0.743. The molecule has 1 aromatic heterocycles. The molecule has 0 bridgehead atoms. The van der Waals surface area contributed by atoms with Gasteiger partial charge < -0.3 is 5.32 Å². The summed E-state index contributed by atoms with van der Waals surface area (Å²) in [5.74, 6) is 0.214. The van der Waals surface area contributed by atoms with Crippen molar-refractivity contribution in [1.29, 1.82) is 0 Å². The minimum Gasteiger partial charge on any atom is -0.381 e. The highest BCUT2D eigenvalue weighted by atomic mass is 16.1. The van der Waals surface area contributed by atoms with Gasteiger partial charge in [-0.15, -0.1) is 0 Å². The summed E-state index contributed by atoms with van der Waals surface area (Å²) in [6.45, 7) is 7.91. The molecule has 0 fully saturated rings. The molecule has 0 unspecified atom stereocenters. The molecule has 0 amide bonds. The third kappa shape index (κ3) is 4.20. The van der Waals surface area contributed by atoms with E-state index in [4.69, 9.17) is 0 Å². The van der Waals surface area contributed by atoms with E-state index in [9.17, 15) is 4.79 Å². The van der Waals surface area contributed by atoms with E-state index < -0.39 is 0 Å². The average Bonchev–Trinajstić information content (AvgIpc) is 2.86. The predicted octanol–water partition coefficient (Wildman–Crippen LogP) is 4.20. The van der Waals surface area contributed by atoms with Crippen LogP contribution >= 0.6 is 0 Å². The Hall–Kier alpha value is -2.10. The second-order valence-corrected chi connectivity index (χ2v) is 5.61. The lowest BCUT2D eigenvalue weighted by Gasteiger charge is -2.06. The van der Waals surface area contributed by atoms with Crippen LogP contribution in [0.1, 0.15) is 54.7 Å². The van der Waals surface area contributed by atoms with Gasteiger partial charge in [0, 0.05) is 42.5 Å². The first-order valence-corrected chi connectivity index (χ1v) is 8.04. The summed E-state index contributed by atoms with van der Waals surface area (Å²) in [6.07, 6.45) is 4.69. The summed E-state index contributed by atoms with van der Waals surface area (Å²) in [5.41, 5.74) is 4.09. The van der Waals surface area contributed by atoms with Crippen LogP contribution in [0.15, 0.2) is 30.5 Å². The lowest BCUT2D eigenvalue weighted by atomic mass is 10.1. The first-order chi connectivity index (χ1) is 10.6. The fraction of sp³-hybridized carbons (Fsp3) is 0.444. The Labute approximate surface area is 132 Å². The first kappa shape index (κ1) is 16.3. The summed E-state index contributed by atoms with van der Waals surface area (Å²) >= 11 is 0. The molecular weight excluding hydrogens is 274 g/mol. The van der Waals surface area contributed by atoms with Gasteiger partial charge in [-0.3, -0.25) is 9.48 Å². The Morgan fingerprint density at radius 2 is 1.91 bits per heavy atom. The van der Waals surface area contributed by atoms with Gasteiger partial charge in [0.1, 0.15) is 0 Å². The number of rotatable bonds is 8. The van der Waals surface area contributed by atoms with Crippen LogP contribution in [0.5, 0.6) is 0 Å². The van der Waals surface area contributed by atoms with Crippen molar-refractivity contribution in [3.63, 3.8) is 0 Å². The van der Waals surface area contributed by atoms with Crippen molar-refractivity contribution in [2.24, 2.45) is 0 Å². The van der Waals surface area contributed by atoms with Crippen LogP contribution < -0.4 is 5.32 Å². The van der Waals surface area contributed by atoms with Crippen molar-refractivity contribution >= 4 is 11.5 Å². The molecule has 4 heteroatoms. The van der Waals surface area contributed by atoms with Crippen molar-refractivity contribution in [1.82, 2.24) is 9.78 Å². The van der Waals surface area contributed by atoms with E-state index in [2.05, 4.69) is 23.5 Å². The molecule has 0 saturated heterocycles. The molecule has 0 radical (unpaired) electrons. The Morgan fingerprint density at radius 1 is 1.18 bits per heavy atom. The number of hydrogen-bond donors (Lipinski definition) is 1. The maximum atomic E-state index is 11.8. The van der Waals surface area contributed by atoms with Crippen molar-refractivity contribution in [2.75, 3.05) is 5.32 Å². The fourth-order valence-electron chi connectivity index (χ4n) is 2.42.